The van der Waals surface area contributed by atoms with Crippen molar-refractivity contribution < 1.29 is 14.2 Å². The highest BCUT2D eigenvalue weighted by Gasteiger charge is 2.22. The zero-order valence-corrected chi connectivity index (χ0v) is 15.4. The number of nitrogens with zero attached hydrogens (tertiary/aromatic N) is 3. The fourth-order valence-corrected chi connectivity index (χ4v) is 3.25. The van der Waals surface area contributed by atoms with Crippen molar-refractivity contribution in [2.75, 3.05) is 5.32 Å². The van der Waals surface area contributed by atoms with Gasteiger partial charge in [0.1, 0.15) is 6.54 Å². The van der Waals surface area contributed by atoms with Crippen LogP contribution < -0.4 is 15.4 Å². The van der Waals surface area contributed by atoms with E-state index < -0.39 is 5.56 Å². The third-order valence-electron chi connectivity index (χ3n) is 4.49. The van der Waals surface area contributed by atoms with Gasteiger partial charge < -0.3 is 0 Å². The molecule has 0 aliphatic heterocycles. The van der Waals surface area contributed by atoms with E-state index in [1.54, 1.807) is 28.6 Å². The van der Waals surface area contributed by atoms with Gasteiger partial charge in [-0.1, -0.05) is 41.4 Å². The number of benzene rings is 2. The van der Waals surface area contributed by atoms with Gasteiger partial charge in [0.15, 0.2) is 12.1 Å². The Morgan fingerprint density at radius 2 is 1.93 bits per heavy atom. The van der Waals surface area contributed by atoms with Crippen molar-refractivity contribution in [2.45, 2.75) is 13.5 Å². The Bertz CT molecular complexity index is 1300. The number of H-pyrrole nitrogens is 1. The lowest BCUT2D eigenvalue weighted by Gasteiger charge is -2.03. The van der Waals surface area contributed by atoms with Crippen molar-refractivity contribution in [3.63, 3.8) is 0 Å². The number of nitrogens with one attached hydrogen (secondary N) is 2. The summed E-state index contributed by atoms with van der Waals surface area (Å²) >= 11 is 0. The van der Waals surface area contributed by atoms with Crippen LogP contribution >= 0.6 is 0 Å². The number of aromatic amines is 1. The number of aryl methyl sites for hydroxylation is 1. The fraction of sp³-hybridized carbons (Fsp3) is 0.150. The zero-order chi connectivity index (χ0) is 19.8. The van der Waals surface area contributed by atoms with Crippen LogP contribution in [-0.2, 0) is 18.4 Å². The lowest BCUT2D eigenvalue weighted by Crippen LogP contribution is -2.38. The maximum absolute atomic E-state index is 12.8. The maximum Gasteiger partial charge on any atom is 0.312 e. The molecule has 8 heteroatoms. The molecule has 1 amide bonds. The molecule has 0 saturated carbocycles. The number of rotatable bonds is 4. The number of Topliss-reactive ketones (excluding diaryl/α,β-unsaturated/α-hetero) is 1. The molecule has 8 nitrogen and oxygen atoms in total. The van der Waals surface area contributed by atoms with Crippen molar-refractivity contribution in [1.29, 1.82) is 0 Å². The van der Waals surface area contributed by atoms with E-state index in [0.29, 0.717) is 16.7 Å². The Morgan fingerprint density at radius 3 is 2.68 bits per heavy atom. The maximum atomic E-state index is 12.8. The fourth-order valence-electron chi connectivity index (χ4n) is 3.25. The van der Waals surface area contributed by atoms with Gasteiger partial charge in [0.25, 0.3) is 11.5 Å². The number of carbonyl (C=O) groups excluding carboxylic acids is 2. The summed E-state index contributed by atoms with van der Waals surface area (Å²) in [5, 5.41) is 4.51. The van der Waals surface area contributed by atoms with Gasteiger partial charge in [0.2, 0.25) is 11.4 Å². The van der Waals surface area contributed by atoms with Crippen LogP contribution in [0.5, 0.6) is 0 Å². The van der Waals surface area contributed by atoms with Crippen molar-refractivity contribution >= 4 is 39.6 Å². The van der Waals surface area contributed by atoms with E-state index in [1.165, 1.54) is 6.92 Å². The van der Waals surface area contributed by atoms with Gasteiger partial charge in [-0.2, -0.15) is 0 Å². The molecule has 0 spiro atoms. The first kappa shape index (κ1) is 17.6. The minimum absolute atomic E-state index is 0.0195. The number of ketones is 1. The third kappa shape index (κ3) is 3.16. The average Bonchev–Trinajstić information content (AvgIpc) is 2.96. The van der Waals surface area contributed by atoms with E-state index in [4.69, 9.17) is 0 Å². The molecule has 0 atom stereocenters. The van der Waals surface area contributed by atoms with E-state index in [1.807, 2.05) is 36.4 Å². The molecule has 0 saturated heterocycles. The first-order valence-electron chi connectivity index (χ1n) is 8.71. The number of amides is 1. The summed E-state index contributed by atoms with van der Waals surface area (Å²) in [6.07, 6.45) is 1.64. The van der Waals surface area contributed by atoms with Crippen LogP contribution in [0, 0.1) is 0 Å². The van der Waals surface area contributed by atoms with Crippen molar-refractivity contribution in [1.82, 2.24) is 14.5 Å². The average molecular weight is 376 g/mol. The zero-order valence-electron chi connectivity index (χ0n) is 15.4. The molecule has 2 aromatic carbocycles. The van der Waals surface area contributed by atoms with Crippen LogP contribution in [-0.4, -0.2) is 26.2 Å². The molecule has 0 aliphatic rings. The van der Waals surface area contributed by atoms with E-state index >= 15 is 0 Å². The molecule has 0 bridgehead atoms. The van der Waals surface area contributed by atoms with Crippen LogP contribution in [0.1, 0.15) is 17.3 Å². The van der Waals surface area contributed by atoms with E-state index in [0.717, 1.165) is 10.8 Å². The second kappa shape index (κ2) is 6.73. The van der Waals surface area contributed by atoms with Crippen LogP contribution in [0.15, 0.2) is 53.6 Å². The Balaban J connectivity index is 1.73. The van der Waals surface area contributed by atoms with Gasteiger partial charge in [0.05, 0.1) is 7.05 Å². The normalized spacial score (nSPS) is 11.1. The van der Waals surface area contributed by atoms with Crippen LogP contribution in [0.3, 0.4) is 0 Å². The van der Waals surface area contributed by atoms with Crippen LogP contribution in [0.4, 0.5) is 5.95 Å². The molecule has 4 aromatic rings. The molecular formula is C20H18N5O3+. The molecule has 0 radical (unpaired) electrons. The van der Waals surface area contributed by atoms with Crippen LogP contribution in [0.2, 0.25) is 0 Å². The van der Waals surface area contributed by atoms with Crippen LogP contribution in [0.25, 0.3) is 21.9 Å². The van der Waals surface area contributed by atoms with E-state index in [-0.39, 0.29) is 24.2 Å². The van der Waals surface area contributed by atoms with Gasteiger partial charge in [-0.3, -0.25) is 29.3 Å². The van der Waals surface area contributed by atoms with Crippen molar-refractivity contribution in [3.05, 3.63) is 64.7 Å². The molecule has 0 unspecified atom stereocenters. The molecule has 28 heavy (non-hydrogen) atoms. The Kier molecular flexibility index (Phi) is 4.23. The molecule has 0 aliphatic carbocycles. The predicted molar refractivity (Wildman–Crippen MR) is 104 cm³/mol. The number of carbonyl (C=O) groups is 2. The predicted octanol–water partition coefficient (Wildman–Crippen LogP) is 1.54. The summed E-state index contributed by atoms with van der Waals surface area (Å²) in [5.74, 6) is -0.410. The van der Waals surface area contributed by atoms with E-state index in [2.05, 4.69) is 15.3 Å². The number of aromatic nitrogens is 4. The van der Waals surface area contributed by atoms with Gasteiger partial charge in [-0.05, 0) is 16.8 Å². The summed E-state index contributed by atoms with van der Waals surface area (Å²) < 4.78 is 3.21. The van der Waals surface area contributed by atoms with E-state index in [9.17, 15) is 14.4 Å². The first-order chi connectivity index (χ1) is 13.4. The molecule has 4 rings (SSSR count). The Labute approximate surface area is 159 Å². The second-order valence-electron chi connectivity index (χ2n) is 6.61. The monoisotopic (exact) mass is 376 g/mol. The van der Waals surface area contributed by atoms with Gasteiger partial charge >= 0.3 is 5.65 Å². The Morgan fingerprint density at radius 1 is 1.18 bits per heavy atom. The summed E-state index contributed by atoms with van der Waals surface area (Å²) in [6, 6.07) is 13.4. The van der Waals surface area contributed by atoms with Gasteiger partial charge in [-0.25, -0.2) is 4.57 Å². The summed E-state index contributed by atoms with van der Waals surface area (Å²) in [6.45, 7) is 1.35. The van der Waals surface area contributed by atoms with Gasteiger partial charge in [-0.15, -0.1) is 0 Å². The summed E-state index contributed by atoms with van der Waals surface area (Å²) in [5.41, 5.74) is 0.827. The molecule has 140 valence electrons. The largest absolute Gasteiger partial charge is 0.312 e. The topological polar surface area (TPSA) is 101 Å². The summed E-state index contributed by atoms with van der Waals surface area (Å²) in [7, 11) is 1.70. The highest BCUT2D eigenvalue weighted by molar-refractivity contribution is 5.99. The first-order valence-corrected chi connectivity index (χ1v) is 8.71. The number of anilines is 1. The molecule has 2 heterocycles. The number of hydrogen-bond donors (Lipinski definition) is 2. The lowest BCUT2D eigenvalue weighted by molar-refractivity contribution is -0.659. The molecule has 2 aromatic heterocycles. The summed E-state index contributed by atoms with van der Waals surface area (Å²) in [4.78, 5) is 43.3. The lowest BCUT2D eigenvalue weighted by atomic mass is 10.0. The van der Waals surface area contributed by atoms with Gasteiger partial charge in [0, 0.05) is 12.5 Å². The van der Waals surface area contributed by atoms with Crippen molar-refractivity contribution in [3.8, 4) is 0 Å². The molecule has 2 N–H and O–H groups in total. The van der Waals surface area contributed by atoms with Crippen molar-refractivity contribution in [2.24, 2.45) is 7.05 Å². The number of imidazole rings is 1. The smallest absolute Gasteiger partial charge is 0.291 e. The highest BCUT2D eigenvalue weighted by atomic mass is 16.2. The molecule has 0 fully saturated rings. The minimum atomic E-state index is -0.395. The highest BCUT2D eigenvalue weighted by Crippen LogP contribution is 2.16. The second-order valence-corrected chi connectivity index (χ2v) is 6.61. The SMILES string of the molecule is CC(=O)Nc1nc2c(c(=O)[nH]1)n(C)c[n+]2CC(=O)c1ccc2ccccc2c1. The number of hydrogen-bond acceptors (Lipinski definition) is 4. The third-order valence-corrected chi connectivity index (χ3v) is 4.49. The standard InChI is InChI=1S/C20H17N5O3/c1-12(26)21-20-22-18-17(19(28)23-20)24(2)11-25(18)10-16(27)15-8-7-13-5-3-4-6-14(13)9-15/h3-9,11H,10H2,1-2H3,(H-,21,22,23,26,28)/p+1. The molecular weight excluding hydrogens is 358 g/mol. The quantitative estimate of drug-likeness (QED) is 0.417. The number of fused-ring (bicyclic) bond motifs is 2. The minimum Gasteiger partial charge on any atom is -0.291 e. The Hall–Kier alpha value is -3.81.